The molecule has 24 heavy (non-hydrogen) atoms. The third kappa shape index (κ3) is 4.24. The maximum Gasteiger partial charge on any atom is 0.314 e. The van der Waals surface area contributed by atoms with E-state index in [1.807, 2.05) is 0 Å². The fraction of sp³-hybridized carbons (Fsp3) is 0.611. The predicted octanol–water partition coefficient (Wildman–Crippen LogP) is 2.62. The summed E-state index contributed by atoms with van der Waals surface area (Å²) in [6.07, 6.45) is 3.42. The number of carbonyl (C=O) groups excluding carboxylic acids is 1. The summed E-state index contributed by atoms with van der Waals surface area (Å²) in [7, 11) is 1.63. The number of nitrogens with two attached hydrogens (primary N) is 1. The summed E-state index contributed by atoms with van der Waals surface area (Å²) in [6.45, 7) is 1.54. The number of amides is 2. The van der Waals surface area contributed by atoms with E-state index in [-0.39, 0.29) is 5.92 Å². The summed E-state index contributed by atoms with van der Waals surface area (Å²) in [5.41, 5.74) is 4.39. The molecule has 1 aliphatic heterocycles. The van der Waals surface area contributed by atoms with Crippen molar-refractivity contribution in [1.82, 2.24) is 4.90 Å². The summed E-state index contributed by atoms with van der Waals surface area (Å²) >= 11 is 0. The first-order valence-electron chi connectivity index (χ1n) is 8.49. The second kappa shape index (κ2) is 8.44. The van der Waals surface area contributed by atoms with Crippen molar-refractivity contribution < 1.29 is 19.0 Å². The summed E-state index contributed by atoms with van der Waals surface area (Å²) in [5, 5.41) is 11.4. The molecule has 1 aliphatic rings. The molecule has 0 saturated carbocycles. The molecule has 1 saturated heterocycles. The van der Waals surface area contributed by atoms with Gasteiger partial charge in [0.2, 0.25) is 0 Å². The quantitative estimate of drug-likeness (QED) is 0.751. The fourth-order valence-electron chi connectivity index (χ4n) is 3.58. The maximum absolute atomic E-state index is 14.4. The molecule has 0 aliphatic carbocycles. The maximum atomic E-state index is 14.4. The van der Waals surface area contributed by atoms with Gasteiger partial charge in [0.05, 0.1) is 5.60 Å². The highest BCUT2D eigenvalue weighted by Gasteiger charge is 2.42. The number of aliphatic hydroxyl groups is 1. The van der Waals surface area contributed by atoms with Crippen LogP contribution in [0.25, 0.3) is 0 Å². The van der Waals surface area contributed by atoms with Gasteiger partial charge in [0.25, 0.3) is 0 Å². The minimum Gasteiger partial charge on any atom is -0.385 e. The Bertz CT molecular complexity index is 555. The van der Waals surface area contributed by atoms with Crippen LogP contribution in [-0.4, -0.2) is 42.8 Å². The molecular weight excluding hydrogens is 311 g/mol. The minimum atomic E-state index is -1.31. The second-order valence-electron chi connectivity index (χ2n) is 6.48. The summed E-state index contributed by atoms with van der Waals surface area (Å²) in [5.74, 6) is -0.652. The van der Waals surface area contributed by atoms with Crippen LogP contribution in [-0.2, 0) is 10.3 Å². The number of halogens is 1. The van der Waals surface area contributed by atoms with Crippen LogP contribution in [0, 0.1) is 11.7 Å². The largest absolute Gasteiger partial charge is 0.385 e. The molecule has 5 nitrogen and oxygen atoms in total. The lowest BCUT2D eigenvalue weighted by Gasteiger charge is -2.42. The number of nitrogens with zero attached hydrogens (tertiary/aromatic N) is 1. The van der Waals surface area contributed by atoms with Gasteiger partial charge in [-0.15, -0.1) is 0 Å². The van der Waals surface area contributed by atoms with Gasteiger partial charge in [-0.1, -0.05) is 18.2 Å². The molecule has 3 N–H and O–H groups in total. The van der Waals surface area contributed by atoms with E-state index in [9.17, 15) is 14.3 Å². The molecule has 2 atom stereocenters. The fourth-order valence-corrected chi connectivity index (χ4v) is 3.58. The third-order valence-corrected chi connectivity index (χ3v) is 4.91. The normalized spacial score (nSPS) is 20.6. The Labute approximate surface area is 142 Å². The predicted molar refractivity (Wildman–Crippen MR) is 89.9 cm³/mol. The smallest absolute Gasteiger partial charge is 0.314 e. The van der Waals surface area contributed by atoms with Crippen molar-refractivity contribution in [2.24, 2.45) is 11.7 Å². The first-order chi connectivity index (χ1) is 11.5. The van der Waals surface area contributed by atoms with E-state index in [0.29, 0.717) is 38.1 Å². The molecule has 1 aromatic carbocycles. The molecule has 1 heterocycles. The van der Waals surface area contributed by atoms with Gasteiger partial charge in [-0.2, -0.15) is 0 Å². The number of primary amides is 1. The van der Waals surface area contributed by atoms with Crippen molar-refractivity contribution in [3.63, 3.8) is 0 Å². The number of methoxy groups -OCH3 is 1. The van der Waals surface area contributed by atoms with E-state index >= 15 is 0 Å². The van der Waals surface area contributed by atoms with Crippen LogP contribution >= 0.6 is 0 Å². The minimum absolute atomic E-state index is 0.238. The second-order valence-corrected chi connectivity index (χ2v) is 6.48. The lowest BCUT2D eigenvalue weighted by atomic mass is 9.74. The standard InChI is InChI=1S/C18H27FN2O3/c1-24-12-5-4-10-18(23,15-8-2-3-9-16(15)19)14-7-6-11-21(13-14)17(20)22/h2-3,8-9,14,23H,4-7,10-13H2,1H3,(H2,20,22). The Morgan fingerprint density at radius 1 is 1.46 bits per heavy atom. The van der Waals surface area contributed by atoms with E-state index in [1.54, 1.807) is 25.3 Å². The molecule has 2 unspecified atom stereocenters. The number of carbonyl (C=O) groups is 1. The number of unbranched alkanes of at least 4 members (excludes halogenated alkanes) is 1. The van der Waals surface area contributed by atoms with Gasteiger partial charge >= 0.3 is 6.03 Å². The van der Waals surface area contributed by atoms with E-state index < -0.39 is 17.4 Å². The van der Waals surface area contributed by atoms with E-state index in [1.165, 1.54) is 11.0 Å². The van der Waals surface area contributed by atoms with E-state index in [2.05, 4.69) is 0 Å². The van der Waals surface area contributed by atoms with Crippen LogP contribution in [0.5, 0.6) is 0 Å². The van der Waals surface area contributed by atoms with Gasteiger partial charge in [-0.05, 0) is 38.2 Å². The topological polar surface area (TPSA) is 75.8 Å². The zero-order chi connectivity index (χ0) is 17.6. The first-order valence-corrected chi connectivity index (χ1v) is 8.49. The molecule has 6 heteroatoms. The number of urea groups is 1. The van der Waals surface area contributed by atoms with Crippen LogP contribution in [0.3, 0.4) is 0 Å². The number of likely N-dealkylation sites (tertiary alicyclic amines) is 1. The van der Waals surface area contributed by atoms with E-state index in [0.717, 1.165) is 19.3 Å². The molecule has 0 spiro atoms. The van der Waals surface area contributed by atoms with Crippen molar-refractivity contribution >= 4 is 6.03 Å². The highest BCUT2D eigenvalue weighted by Crippen LogP contribution is 2.40. The average Bonchev–Trinajstić information content (AvgIpc) is 2.59. The summed E-state index contributed by atoms with van der Waals surface area (Å²) < 4.78 is 19.4. The number of hydrogen-bond donors (Lipinski definition) is 2. The number of hydrogen-bond acceptors (Lipinski definition) is 3. The third-order valence-electron chi connectivity index (χ3n) is 4.91. The number of rotatable bonds is 7. The molecule has 0 radical (unpaired) electrons. The Morgan fingerprint density at radius 2 is 2.21 bits per heavy atom. The molecule has 0 aromatic heterocycles. The van der Waals surface area contributed by atoms with Crippen molar-refractivity contribution in [1.29, 1.82) is 0 Å². The molecule has 0 bridgehead atoms. The summed E-state index contributed by atoms with van der Waals surface area (Å²) in [4.78, 5) is 13.0. The Balaban J connectivity index is 2.25. The molecular formula is C18H27FN2O3. The van der Waals surface area contributed by atoms with Gasteiger partial charge < -0.3 is 20.5 Å². The Kier molecular flexibility index (Phi) is 6.57. The van der Waals surface area contributed by atoms with E-state index in [4.69, 9.17) is 10.5 Å². The van der Waals surface area contributed by atoms with Crippen molar-refractivity contribution in [3.8, 4) is 0 Å². The number of ether oxygens (including phenoxy) is 1. The molecule has 134 valence electrons. The van der Waals surface area contributed by atoms with Crippen LogP contribution in [0.1, 0.15) is 37.7 Å². The first kappa shape index (κ1) is 18.7. The van der Waals surface area contributed by atoms with Crippen LogP contribution in [0.15, 0.2) is 24.3 Å². The van der Waals surface area contributed by atoms with Gasteiger partial charge in [0, 0.05) is 38.3 Å². The van der Waals surface area contributed by atoms with Gasteiger partial charge in [0.15, 0.2) is 0 Å². The Morgan fingerprint density at radius 3 is 2.88 bits per heavy atom. The number of benzene rings is 1. The molecule has 2 amide bonds. The van der Waals surface area contributed by atoms with Crippen molar-refractivity contribution in [2.45, 2.75) is 37.7 Å². The Hall–Kier alpha value is -1.66. The lowest BCUT2D eigenvalue weighted by molar-refractivity contribution is -0.0583. The van der Waals surface area contributed by atoms with Gasteiger partial charge in [-0.25, -0.2) is 9.18 Å². The van der Waals surface area contributed by atoms with Crippen LogP contribution < -0.4 is 5.73 Å². The van der Waals surface area contributed by atoms with Crippen molar-refractivity contribution in [2.75, 3.05) is 26.8 Å². The molecule has 2 rings (SSSR count). The molecule has 1 fully saturated rings. The molecule has 1 aromatic rings. The number of piperidine rings is 1. The van der Waals surface area contributed by atoms with Crippen LogP contribution in [0.4, 0.5) is 9.18 Å². The zero-order valence-electron chi connectivity index (χ0n) is 14.2. The van der Waals surface area contributed by atoms with Gasteiger partial charge in [0.1, 0.15) is 5.82 Å². The zero-order valence-corrected chi connectivity index (χ0v) is 14.2. The highest BCUT2D eigenvalue weighted by atomic mass is 19.1. The highest BCUT2D eigenvalue weighted by molar-refractivity contribution is 5.72. The monoisotopic (exact) mass is 338 g/mol. The van der Waals surface area contributed by atoms with Crippen molar-refractivity contribution in [3.05, 3.63) is 35.6 Å². The average molecular weight is 338 g/mol. The SMILES string of the molecule is COCCCCC(O)(c1ccccc1F)C1CCCN(C(N)=O)C1. The lowest BCUT2D eigenvalue weighted by Crippen LogP contribution is -2.49. The van der Waals surface area contributed by atoms with Gasteiger partial charge in [-0.3, -0.25) is 0 Å². The van der Waals surface area contributed by atoms with Crippen LogP contribution in [0.2, 0.25) is 0 Å². The summed E-state index contributed by atoms with van der Waals surface area (Å²) in [6, 6.07) is 5.85.